The number of aryl methyl sites for hydroxylation is 2. The Bertz CT molecular complexity index is 321. The van der Waals surface area contributed by atoms with Crippen LogP contribution in [0.15, 0.2) is 6.07 Å². The lowest BCUT2D eigenvalue weighted by atomic mass is 10.1. The van der Waals surface area contributed by atoms with Gasteiger partial charge in [0.2, 0.25) is 0 Å². The van der Waals surface area contributed by atoms with Crippen molar-refractivity contribution in [3.8, 4) is 0 Å². The summed E-state index contributed by atoms with van der Waals surface area (Å²) in [6.07, 6.45) is 8.03. The molecule has 0 bridgehead atoms. The number of aromatic nitrogens is 2. The van der Waals surface area contributed by atoms with Gasteiger partial charge in [0.1, 0.15) is 11.6 Å². The van der Waals surface area contributed by atoms with Gasteiger partial charge in [-0.25, -0.2) is 9.97 Å². The zero-order chi connectivity index (χ0) is 11.4. The average Bonchev–Trinajstić information content (AvgIpc) is 2.44. The number of nitrogens with one attached hydrogen (secondary N) is 1. The highest BCUT2D eigenvalue weighted by Gasteiger charge is 2.12. The highest BCUT2D eigenvalue weighted by atomic mass is 15.0. The van der Waals surface area contributed by atoms with E-state index in [0.717, 1.165) is 17.3 Å². The van der Waals surface area contributed by atoms with Gasteiger partial charge in [0.25, 0.3) is 0 Å². The molecule has 1 heterocycles. The Morgan fingerprint density at radius 1 is 1.06 bits per heavy atom. The maximum Gasteiger partial charge on any atom is 0.130 e. The van der Waals surface area contributed by atoms with Crippen molar-refractivity contribution >= 4 is 5.82 Å². The smallest absolute Gasteiger partial charge is 0.130 e. The zero-order valence-corrected chi connectivity index (χ0v) is 10.3. The van der Waals surface area contributed by atoms with Gasteiger partial charge in [-0.3, -0.25) is 0 Å². The van der Waals surface area contributed by atoms with Crippen LogP contribution in [0.3, 0.4) is 0 Å². The van der Waals surface area contributed by atoms with Crippen molar-refractivity contribution in [3.63, 3.8) is 0 Å². The second-order valence-electron chi connectivity index (χ2n) is 4.77. The van der Waals surface area contributed by atoms with Gasteiger partial charge in [0, 0.05) is 17.8 Å². The molecule has 1 aromatic rings. The monoisotopic (exact) mass is 219 g/mol. The van der Waals surface area contributed by atoms with Gasteiger partial charge >= 0.3 is 0 Å². The first kappa shape index (κ1) is 11.4. The maximum absolute atomic E-state index is 4.44. The van der Waals surface area contributed by atoms with E-state index in [-0.39, 0.29) is 0 Å². The van der Waals surface area contributed by atoms with Gasteiger partial charge < -0.3 is 5.32 Å². The van der Waals surface area contributed by atoms with Crippen molar-refractivity contribution < 1.29 is 0 Å². The van der Waals surface area contributed by atoms with Crippen LogP contribution >= 0.6 is 0 Å². The fourth-order valence-electron chi connectivity index (χ4n) is 2.42. The molecule has 1 aliphatic carbocycles. The second-order valence-corrected chi connectivity index (χ2v) is 4.77. The van der Waals surface area contributed by atoms with E-state index in [4.69, 9.17) is 0 Å². The molecule has 0 radical (unpaired) electrons. The van der Waals surface area contributed by atoms with Crippen LogP contribution < -0.4 is 5.32 Å². The fourth-order valence-corrected chi connectivity index (χ4v) is 2.42. The molecule has 88 valence electrons. The minimum atomic E-state index is 0.608. The normalized spacial score (nSPS) is 18.1. The van der Waals surface area contributed by atoms with E-state index in [1.165, 1.54) is 38.5 Å². The Morgan fingerprint density at radius 3 is 2.38 bits per heavy atom. The van der Waals surface area contributed by atoms with Crippen LogP contribution in [0.2, 0.25) is 0 Å². The quantitative estimate of drug-likeness (QED) is 0.776. The second kappa shape index (κ2) is 5.28. The van der Waals surface area contributed by atoms with Gasteiger partial charge in [-0.15, -0.1) is 0 Å². The molecular formula is C13H21N3. The number of hydrogen-bond acceptors (Lipinski definition) is 3. The Morgan fingerprint density at radius 2 is 1.75 bits per heavy atom. The molecule has 0 saturated heterocycles. The summed E-state index contributed by atoms with van der Waals surface area (Å²) in [6, 6.07) is 2.65. The molecule has 0 spiro atoms. The molecule has 3 heteroatoms. The van der Waals surface area contributed by atoms with Gasteiger partial charge in [-0.05, 0) is 26.7 Å². The highest BCUT2D eigenvalue weighted by Crippen LogP contribution is 2.20. The summed E-state index contributed by atoms with van der Waals surface area (Å²) in [6.45, 7) is 3.97. The van der Waals surface area contributed by atoms with Crippen LogP contribution in [0, 0.1) is 13.8 Å². The van der Waals surface area contributed by atoms with E-state index in [2.05, 4.69) is 15.3 Å². The number of anilines is 1. The molecule has 1 aliphatic rings. The van der Waals surface area contributed by atoms with Gasteiger partial charge in [-0.2, -0.15) is 0 Å². The minimum Gasteiger partial charge on any atom is -0.367 e. The Labute approximate surface area is 97.7 Å². The van der Waals surface area contributed by atoms with Crippen LogP contribution in [0.1, 0.15) is 50.0 Å². The molecule has 1 saturated carbocycles. The van der Waals surface area contributed by atoms with Crippen molar-refractivity contribution in [2.75, 3.05) is 5.32 Å². The van der Waals surface area contributed by atoms with Crippen LogP contribution in [-0.2, 0) is 0 Å². The van der Waals surface area contributed by atoms with Crippen molar-refractivity contribution in [1.29, 1.82) is 0 Å². The number of nitrogens with zero attached hydrogens (tertiary/aromatic N) is 2. The van der Waals surface area contributed by atoms with Gasteiger partial charge in [-0.1, -0.05) is 25.7 Å². The van der Waals surface area contributed by atoms with E-state index in [0.29, 0.717) is 6.04 Å². The lowest BCUT2D eigenvalue weighted by molar-refractivity contribution is 0.617. The summed E-state index contributed by atoms with van der Waals surface area (Å²) in [4.78, 5) is 8.73. The summed E-state index contributed by atoms with van der Waals surface area (Å²) in [5, 5.41) is 3.55. The van der Waals surface area contributed by atoms with Crippen molar-refractivity contribution in [3.05, 3.63) is 17.6 Å². The van der Waals surface area contributed by atoms with Crippen LogP contribution in [-0.4, -0.2) is 16.0 Å². The summed E-state index contributed by atoms with van der Waals surface area (Å²) < 4.78 is 0. The first-order chi connectivity index (χ1) is 7.74. The molecule has 1 aromatic heterocycles. The Kier molecular flexibility index (Phi) is 3.75. The van der Waals surface area contributed by atoms with Crippen molar-refractivity contribution in [1.82, 2.24) is 9.97 Å². The molecule has 0 aliphatic heterocycles. The largest absolute Gasteiger partial charge is 0.367 e. The molecule has 1 fully saturated rings. The average molecular weight is 219 g/mol. The number of hydrogen-bond donors (Lipinski definition) is 1. The Hall–Kier alpha value is -1.12. The molecule has 1 N–H and O–H groups in total. The summed E-state index contributed by atoms with van der Waals surface area (Å²) in [5.41, 5.74) is 1.05. The van der Waals surface area contributed by atoms with Gasteiger partial charge in [0.15, 0.2) is 0 Å². The Balaban J connectivity index is 2.01. The molecule has 0 amide bonds. The SMILES string of the molecule is Cc1cc(NC2CCCCCC2)nc(C)n1. The zero-order valence-electron chi connectivity index (χ0n) is 10.3. The predicted octanol–water partition coefficient (Wildman–Crippen LogP) is 3.23. The molecule has 0 aromatic carbocycles. The van der Waals surface area contributed by atoms with Gasteiger partial charge in [0.05, 0.1) is 0 Å². The standard InChI is InChI=1S/C13H21N3/c1-10-9-13(15-11(2)14-10)16-12-7-5-3-4-6-8-12/h9,12H,3-8H2,1-2H3,(H,14,15,16). The summed E-state index contributed by atoms with van der Waals surface area (Å²) in [7, 11) is 0. The van der Waals surface area contributed by atoms with E-state index in [9.17, 15) is 0 Å². The van der Waals surface area contributed by atoms with Crippen molar-refractivity contribution in [2.45, 2.75) is 58.4 Å². The number of rotatable bonds is 2. The van der Waals surface area contributed by atoms with Crippen LogP contribution in [0.5, 0.6) is 0 Å². The third-order valence-corrected chi connectivity index (χ3v) is 3.17. The molecular weight excluding hydrogens is 198 g/mol. The van der Waals surface area contributed by atoms with E-state index < -0.39 is 0 Å². The lowest BCUT2D eigenvalue weighted by Gasteiger charge is -2.17. The van der Waals surface area contributed by atoms with Crippen molar-refractivity contribution in [2.24, 2.45) is 0 Å². The maximum atomic E-state index is 4.44. The third kappa shape index (κ3) is 3.19. The first-order valence-electron chi connectivity index (χ1n) is 6.33. The van der Waals surface area contributed by atoms with E-state index in [1.807, 2.05) is 19.9 Å². The summed E-state index contributed by atoms with van der Waals surface area (Å²) in [5.74, 6) is 1.85. The topological polar surface area (TPSA) is 37.8 Å². The highest BCUT2D eigenvalue weighted by molar-refractivity contribution is 5.36. The molecule has 16 heavy (non-hydrogen) atoms. The minimum absolute atomic E-state index is 0.608. The third-order valence-electron chi connectivity index (χ3n) is 3.17. The fraction of sp³-hybridized carbons (Fsp3) is 0.692. The van der Waals surface area contributed by atoms with E-state index >= 15 is 0 Å². The van der Waals surface area contributed by atoms with Crippen LogP contribution in [0.25, 0.3) is 0 Å². The van der Waals surface area contributed by atoms with E-state index in [1.54, 1.807) is 0 Å². The molecule has 3 nitrogen and oxygen atoms in total. The first-order valence-corrected chi connectivity index (χ1v) is 6.33. The summed E-state index contributed by atoms with van der Waals surface area (Å²) >= 11 is 0. The predicted molar refractivity (Wildman–Crippen MR) is 66.6 cm³/mol. The molecule has 0 unspecified atom stereocenters. The lowest BCUT2D eigenvalue weighted by Crippen LogP contribution is -2.19. The van der Waals surface area contributed by atoms with Crippen LogP contribution in [0.4, 0.5) is 5.82 Å². The molecule has 0 atom stereocenters. The molecule has 2 rings (SSSR count).